The molecule has 12 heteroatoms. The number of amides is 1. The summed E-state index contributed by atoms with van der Waals surface area (Å²) in [6, 6.07) is 13.4. The fraction of sp³-hybridized carbons (Fsp3) is 0.517. The van der Waals surface area contributed by atoms with Gasteiger partial charge in [-0.05, 0) is 100.0 Å². The zero-order valence-corrected chi connectivity index (χ0v) is 27.7. The number of halogens is 2. The van der Waals surface area contributed by atoms with Crippen LogP contribution in [0.1, 0.15) is 54.4 Å². The lowest BCUT2D eigenvalue weighted by molar-refractivity contribution is -0.143. The van der Waals surface area contributed by atoms with Gasteiger partial charge < -0.3 is 20.1 Å². The second-order valence-electron chi connectivity index (χ2n) is 10.2. The fourth-order valence-corrected chi connectivity index (χ4v) is 6.25. The number of hydrogen-bond donors (Lipinski definition) is 3. The molecule has 1 aliphatic heterocycles. The molecule has 2 aromatic rings. The van der Waals surface area contributed by atoms with E-state index in [-0.39, 0.29) is 18.3 Å². The summed E-state index contributed by atoms with van der Waals surface area (Å²) >= 11 is 7.68. The highest BCUT2D eigenvalue weighted by molar-refractivity contribution is 9.10. The van der Waals surface area contributed by atoms with Crippen LogP contribution >= 0.6 is 31.9 Å². The molecule has 3 rings (SSSR count). The summed E-state index contributed by atoms with van der Waals surface area (Å²) < 4.78 is 34.1. The maximum Gasteiger partial charge on any atom is 0.329 e. The Hall–Kier alpha value is -1.83. The first-order chi connectivity index (χ1) is 19.3. The zero-order chi connectivity index (χ0) is 30.6. The highest BCUT2D eigenvalue weighted by Crippen LogP contribution is 2.43. The van der Waals surface area contributed by atoms with Crippen LogP contribution in [0.15, 0.2) is 45.3 Å². The van der Waals surface area contributed by atoms with Crippen molar-refractivity contribution in [1.29, 1.82) is 0 Å². The van der Waals surface area contributed by atoms with E-state index in [0.717, 1.165) is 38.9 Å². The molecule has 0 spiro atoms. The summed E-state index contributed by atoms with van der Waals surface area (Å²) in [6.45, 7) is 8.48. The lowest BCUT2D eigenvalue weighted by Crippen LogP contribution is -2.38. The number of carbonyl (C=O) groups is 2. The van der Waals surface area contributed by atoms with Crippen LogP contribution in [0.4, 0.5) is 0 Å². The number of benzene rings is 2. The van der Waals surface area contributed by atoms with Gasteiger partial charge in [0.15, 0.2) is 0 Å². The zero-order valence-electron chi connectivity index (χ0n) is 23.7. The molecule has 0 aromatic heterocycles. The van der Waals surface area contributed by atoms with Gasteiger partial charge in [0, 0.05) is 21.4 Å². The minimum atomic E-state index is -3.66. The summed E-state index contributed by atoms with van der Waals surface area (Å²) in [5.41, 5.74) is 5.17. The van der Waals surface area contributed by atoms with Crippen molar-refractivity contribution in [3.63, 3.8) is 0 Å². The minimum absolute atomic E-state index is 0.201. The summed E-state index contributed by atoms with van der Waals surface area (Å²) in [5, 5.41) is 11.3. The third-order valence-corrected chi connectivity index (χ3v) is 8.99. The second kappa shape index (κ2) is 17.3. The Bertz CT molecular complexity index is 1210. The first-order valence-electron chi connectivity index (χ1n) is 13.6. The first-order valence-corrected chi connectivity index (χ1v) is 16.8. The average Bonchev–Trinajstić information content (AvgIpc) is 2.89. The molecule has 1 fully saturated rings. The monoisotopic (exact) mass is 718 g/mol. The fourth-order valence-electron chi connectivity index (χ4n) is 4.77. The van der Waals surface area contributed by atoms with Crippen molar-refractivity contribution in [3.8, 4) is 0 Å². The van der Waals surface area contributed by atoms with E-state index in [4.69, 9.17) is 14.4 Å². The third kappa shape index (κ3) is 12.9. The summed E-state index contributed by atoms with van der Waals surface area (Å²) in [4.78, 5) is 24.6. The Morgan fingerprint density at radius 3 is 1.98 bits per heavy atom. The number of aliphatic carboxylic acids is 1. The van der Waals surface area contributed by atoms with Crippen LogP contribution in [-0.4, -0.2) is 80.0 Å². The van der Waals surface area contributed by atoms with Gasteiger partial charge in [-0.1, -0.05) is 56.1 Å². The average molecular weight is 721 g/mol. The highest BCUT2D eigenvalue weighted by atomic mass is 79.9. The predicted octanol–water partition coefficient (Wildman–Crippen LogP) is 5.17. The topological polar surface area (TPSA) is 133 Å². The van der Waals surface area contributed by atoms with Gasteiger partial charge in [-0.15, -0.1) is 0 Å². The van der Waals surface area contributed by atoms with Gasteiger partial charge in [0.05, 0.1) is 5.75 Å². The van der Waals surface area contributed by atoms with Gasteiger partial charge in [0.25, 0.3) is 10.1 Å². The lowest BCUT2D eigenvalue weighted by atomic mass is 9.76. The quantitative estimate of drug-likeness (QED) is 0.202. The molecule has 1 amide bonds. The van der Waals surface area contributed by atoms with E-state index >= 15 is 0 Å². The molecule has 0 bridgehead atoms. The van der Waals surface area contributed by atoms with Crippen molar-refractivity contribution in [2.24, 2.45) is 5.92 Å². The molecular weight excluding hydrogens is 680 g/mol. The molecule has 0 radical (unpaired) electrons. The van der Waals surface area contributed by atoms with Crippen molar-refractivity contribution in [3.05, 3.63) is 67.6 Å². The number of carboxylic acid groups (broad SMARTS) is 1. The van der Waals surface area contributed by atoms with E-state index in [1.54, 1.807) is 0 Å². The number of likely N-dealkylation sites (tertiary alicyclic amines) is 1. The largest absolute Gasteiger partial charge is 0.480 e. The molecule has 1 heterocycles. The summed E-state index contributed by atoms with van der Waals surface area (Å²) in [6.07, 6.45) is 3.08. The molecule has 1 saturated heterocycles. The van der Waals surface area contributed by atoms with E-state index in [1.165, 1.54) is 38.1 Å². The smallest absolute Gasteiger partial charge is 0.329 e. The number of carbonyl (C=O) groups excluding carboxylic acids is 1. The normalized spacial score (nSPS) is 14.4. The second-order valence-corrected chi connectivity index (χ2v) is 13.6. The molecule has 2 aromatic carbocycles. The van der Waals surface area contributed by atoms with Crippen molar-refractivity contribution < 1.29 is 32.4 Å². The van der Waals surface area contributed by atoms with E-state index in [2.05, 4.69) is 92.3 Å². The van der Waals surface area contributed by atoms with Gasteiger partial charge in [-0.25, -0.2) is 4.79 Å². The molecule has 0 unspecified atom stereocenters. The van der Waals surface area contributed by atoms with Gasteiger partial charge in [-0.2, -0.15) is 8.42 Å². The Kier molecular flexibility index (Phi) is 14.9. The van der Waals surface area contributed by atoms with Crippen LogP contribution in [0, 0.1) is 19.8 Å². The SMILES string of the molecule is CCS(=O)(=O)O.Cc1ccc(C(c2ccc(C)cc2Br)C2CCN(CCCNC(=O)COCC(=O)O)CC2)c(Br)c1. The number of rotatable bonds is 12. The van der Waals surface area contributed by atoms with E-state index in [0.29, 0.717) is 18.4 Å². The molecule has 0 saturated carbocycles. The van der Waals surface area contributed by atoms with Gasteiger partial charge in [0.1, 0.15) is 13.2 Å². The Balaban J connectivity index is 0.000000883. The van der Waals surface area contributed by atoms with Crippen LogP contribution in [0.2, 0.25) is 0 Å². The number of nitrogens with zero attached hydrogens (tertiary/aromatic N) is 1. The summed E-state index contributed by atoms with van der Waals surface area (Å²) in [7, 11) is -3.66. The number of ether oxygens (including phenoxy) is 1. The summed E-state index contributed by atoms with van der Waals surface area (Å²) in [5.74, 6) is -0.705. The maximum atomic E-state index is 11.7. The maximum absolute atomic E-state index is 11.7. The van der Waals surface area contributed by atoms with Crippen LogP contribution in [0.25, 0.3) is 0 Å². The molecule has 228 valence electrons. The number of aryl methyl sites for hydroxylation is 2. The van der Waals surface area contributed by atoms with E-state index in [9.17, 15) is 18.0 Å². The first kappa shape index (κ1) is 35.4. The molecule has 9 nitrogen and oxygen atoms in total. The van der Waals surface area contributed by atoms with Crippen molar-refractivity contribution in [2.75, 3.05) is 45.1 Å². The van der Waals surface area contributed by atoms with Crippen LogP contribution in [0.3, 0.4) is 0 Å². The molecule has 3 N–H and O–H groups in total. The van der Waals surface area contributed by atoms with Gasteiger partial charge >= 0.3 is 5.97 Å². The number of carboxylic acids is 1. The highest BCUT2D eigenvalue weighted by Gasteiger charge is 2.31. The Morgan fingerprint density at radius 2 is 1.54 bits per heavy atom. The van der Waals surface area contributed by atoms with E-state index < -0.39 is 22.7 Å². The van der Waals surface area contributed by atoms with Gasteiger partial charge in [0.2, 0.25) is 5.91 Å². The standard InChI is InChI=1S/C27H34Br2N2O4.C2H6O3S/c1-18-4-6-21(23(28)14-18)27(22-7-5-19(2)15-24(22)29)20-8-12-31(13-9-20)11-3-10-30-25(32)16-35-17-26(33)34;1-2-6(3,4)5/h4-7,14-15,20,27H,3,8-13,16-17H2,1-2H3,(H,30,32)(H,33,34);2H2,1H3,(H,3,4,5). The molecule has 41 heavy (non-hydrogen) atoms. The Labute approximate surface area is 260 Å². The molecule has 0 aliphatic carbocycles. The minimum Gasteiger partial charge on any atom is -0.480 e. The van der Waals surface area contributed by atoms with E-state index in [1.807, 2.05) is 0 Å². The number of hydrogen-bond acceptors (Lipinski definition) is 6. The molecular formula is C29H40Br2N2O7S. The third-order valence-electron chi connectivity index (χ3n) is 6.88. The molecule has 1 aliphatic rings. The predicted molar refractivity (Wildman–Crippen MR) is 167 cm³/mol. The van der Waals surface area contributed by atoms with Crippen LogP contribution in [-0.2, 0) is 24.4 Å². The van der Waals surface area contributed by atoms with Gasteiger partial charge in [-0.3, -0.25) is 9.35 Å². The van der Waals surface area contributed by atoms with Crippen molar-refractivity contribution in [2.45, 2.75) is 46.0 Å². The van der Waals surface area contributed by atoms with Crippen LogP contribution < -0.4 is 5.32 Å². The van der Waals surface area contributed by atoms with Crippen molar-refractivity contribution >= 4 is 53.9 Å². The van der Waals surface area contributed by atoms with Crippen LogP contribution in [0.5, 0.6) is 0 Å². The lowest BCUT2D eigenvalue weighted by Gasteiger charge is -2.37. The molecule has 0 atom stereocenters. The Morgan fingerprint density at radius 1 is 1.02 bits per heavy atom. The number of nitrogens with one attached hydrogen (secondary N) is 1. The van der Waals surface area contributed by atoms with Crippen molar-refractivity contribution in [1.82, 2.24) is 10.2 Å². The number of piperidine rings is 1.